The monoisotopic (exact) mass is 410 g/mol. The Bertz CT molecular complexity index is 1120. The molecule has 4 aromatic rings. The summed E-state index contributed by atoms with van der Waals surface area (Å²) in [7, 11) is 0. The number of rotatable bonds is 9. The van der Waals surface area contributed by atoms with Gasteiger partial charge in [0, 0.05) is 29.7 Å². The van der Waals surface area contributed by atoms with Crippen LogP contribution in [-0.4, -0.2) is 20.6 Å². The molecule has 0 radical (unpaired) electrons. The molecule has 1 aromatic heterocycles. The van der Waals surface area contributed by atoms with E-state index in [1.807, 2.05) is 42.5 Å². The van der Waals surface area contributed by atoms with Crippen LogP contribution in [0.25, 0.3) is 33.9 Å². The molecule has 4 nitrogen and oxygen atoms in total. The molecule has 0 aliphatic heterocycles. The van der Waals surface area contributed by atoms with Crippen molar-refractivity contribution in [1.29, 1.82) is 0 Å². The van der Waals surface area contributed by atoms with Gasteiger partial charge in [0.15, 0.2) is 0 Å². The summed E-state index contributed by atoms with van der Waals surface area (Å²) in [6.45, 7) is 0.786. The molecule has 1 heterocycles. The molecule has 0 atom stereocenters. The minimum absolute atomic E-state index is 0.219. The third kappa shape index (κ3) is 4.92. The van der Waals surface area contributed by atoms with Crippen LogP contribution in [0.3, 0.4) is 0 Å². The topological polar surface area (TPSA) is 55.1 Å². The van der Waals surface area contributed by atoms with Gasteiger partial charge in [-0.3, -0.25) is 4.79 Å². The Balaban J connectivity index is 1.81. The minimum atomic E-state index is -0.732. The van der Waals surface area contributed by atoms with E-state index in [1.54, 1.807) is 0 Å². The van der Waals surface area contributed by atoms with Crippen LogP contribution in [0.1, 0.15) is 25.7 Å². The lowest BCUT2D eigenvalue weighted by molar-refractivity contribution is -0.137. The second-order valence-corrected chi connectivity index (χ2v) is 7.59. The maximum absolute atomic E-state index is 10.9. The molecule has 0 unspecified atom stereocenters. The van der Waals surface area contributed by atoms with Gasteiger partial charge in [0.1, 0.15) is 5.82 Å². The second kappa shape index (κ2) is 9.90. The molecular weight excluding hydrogens is 384 g/mol. The molecule has 0 aliphatic carbocycles. The van der Waals surface area contributed by atoms with Gasteiger partial charge in [0.25, 0.3) is 0 Å². The maximum Gasteiger partial charge on any atom is 0.303 e. The van der Waals surface area contributed by atoms with E-state index in [0.717, 1.165) is 53.3 Å². The number of carboxylic acid groups (broad SMARTS) is 1. The van der Waals surface area contributed by atoms with Crippen molar-refractivity contribution in [2.45, 2.75) is 32.2 Å². The first-order valence-electron chi connectivity index (χ1n) is 10.7. The van der Waals surface area contributed by atoms with Crippen molar-refractivity contribution in [3.05, 3.63) is 91.0 Å². The van der Waals surface area contributed by atoms with Crippen LogP contribution in [-0.2, 0) is 11.3 Å². The summed E-state index contributed by atoms with van der Waals surface area (Å²) < 4.78 is 2.30. The number of unbranched alkanes of at least 4 members (excludes halogenated alkanes) is 2. The van der Waals surface area contributed by atoms with Gasteiger partial charge in [0.05, 0.1) is 11.4 Å². The van der Waals surface area contributed by atoms with Gasteiger partial charge in [-0.05, 0) is 12.8 Å². The first-order valence-corrected chi connectivity index (χ1v) is 10.7. The van der Waals surface area contributed by atoms with Gasteiger partial charge in [-0.1, -0.05) is 97.4 Å². The zero-order valence-electron chi connectivity index (χ0n) is 17.4. The normalized spacial score (nSPS) is 10.8. The van der Waals surface area contributed by atoms with Crippen LogP contribution in [0.2, 0.25) is 0 Å². The summed E-state index contributed by atoms with van der Waals surface area (Å²) in [4.78, 5) is 16.0. The van der Waals surface area contributed by atoms with Crippen molar-refractivity contribution in [2.24, 2.45) is 0 Å². The number of carboxylic acids is 1. The number of hydrogen-bond donors (Lipinski definition) is 1. The van der Waals surface area contributed by atoms with Crippen molar-refractivity contribution >= 4 is 5.97 Å². The zero-order valence-corrected chi connectivity index (χ0v) is 17.4. The molecule has 0 aliphatic rings. The third-order valence-electron chi connectivity index (χ3n) is 5.37. The van der Waals surface area contributed by atoms with E-state index < -0.39 is 5.97 Å². The smallest absolute Gasteiger partial charge is 0.303 e. The molecule has 156 valence electrons. The van der Waals surface area contributed by atoms with E-state index in [4.69, 9.17) is 10.1 Å². The van der Waals surface area contributed by atoms with E-state index >= 15 is 0 Å². The van der Waals surface area contributed by atoms with Crippen LogP contribution in [0, 0.1) is 0 Å². The van der Waals surface area contributed by atoms with Crippen molar-refractivity contribution in [1.82, 2.24) is 9.55 Å². The standard InChI is InChI=1S/C27H26N2O2/c30-24(31)19-11-4-12-20-29-26(22-15-7-2-8-16-22)25(21-13-5-1-6-14-21)28-27(29)23-17-9-3-10-18-23/h1-3,5-10,13-18H,4,11-12,19-20H2,(H,30,31). The van der Waals surface area contributed by atoms with Crippen LogP contribution in [0.15, 0.2) is 91.0 Å². The maximum atomic E-state index is 10.9. The highest BCUT2D eigenvalue weighted by atomic mass is 16.4. The highest BCUT2D eigenvalue weighted by Crippen LogP contribution is 2.36. The van der Waals surface area contributed by atoms with Crippen LogP contribution in [0.4, 0.5) is 0 Å². The summed E-state index contributed by atoms with van der Waals surface area (Å²) in [6.07, 6.45) is 2.68. The van der Waals surface area contributed by atoms with Crippen molar-refractivity contribution < 1.29 is 9.90 Å². The zero-order chi connectivity index (χ0) is 21.5. The van der Waals surface area contributed by atoms with Crippen molar-refractivity contribution in [3.8, 4) is 33.9 Å². The van der Waals surface area contributed by atoms with Gasteiger partial charge in [0.2, 0.25) is 0 Å². The van der Waals surface area contributed by atoms with Gasteiger partial charge in [-0.2, -0.15) is 0 Å². The highest BCUT2D eigenvalue weighted by Gasteiger charge is 2.20. The average Bonchev–Trinajstić information content (AvgIpc) is 3.20. The summed E-state index contributed by atoms with van der Waals surface area (Å²) in [5, 5.41) is 8.93. The summed E-state index contributed by atoms with van der Waals surface area (Å²) >= 11 is 0. The fourth-order valence-electron chi connectivity index (χ4n) is 3.89. The lowest BCUT2D eigenvalue weighted by atomic mass is 10.0. The third-order valence-corrected chi connectivity index (χ3v) is 5.37. The Morgan fingerprint density at radius 2 is 1.26 bits per heavy atom. The van der Waals surface area contributed by atoms with Crippen molar-refractivity contribution in [2.75, 3.05) is 0 Å². The number of aliphatic carboxylic acids is 1. The van der Waals surface area contributed by atoms with E-state index in [0.29, 0.717) is 6.42 Å². The minimum Gasteiger partial charge on any atom is -0.481 e. The number of aromatic nitrogens is 2. The first kappa shape index (κ1) is 20.6. The summed E-state index contributed by atoms with van der Waals surface area (Å²) in [5.74, 6) is 0.209. The molecule has 0 bridgehead atoms. The molecule has 4 heteroatoms. The molecule has 0 saturated heterocycles. The predicted molar refractivity (Wildman–Crippen MR) is 125 cm³/mol. The molecule has 31 heavy (non-hydrogen) atoms. The van der Waals surface area contributed by atoms with E-state index in [1.165, 1.54) is 0 Å². The molecule has 0 saturated carbocycles. The Labute approximate surface area is 182 Å². The number of benzene rings is 3. The molecule has 0 amide bonds. The lowest BCUT2D eigenvalue weighted by Gasteiger charge is -2.13. The molecule has 3 aromatic carbocycles. The number of hydrogen-bond acceptors (Lipinski definition) is 2. The number of imidazole rings is 1. The Morgan fingerprint density at radius 3 is 1.84 bits per heavy atom. The largest absolute Gasteiger partial charge is 0.481 e. The fourth-order valence-corrected chi connectivity index (χ4v) is 3.89. The highest BCUT2D eigenvalue weighted by molar-refractivity contribution is 5.82. The Kier molecular flexibility index (Phi) is 6.58. The van der Waals surface area contributed by atoms with Crippen LogP contribution < -0.4 is 0 Å². The Hall–Kier alpha value is -3.66. The van der Waals surface area contributed by atoms with Gasteiger partial charge in [-0.25, -0.2) is 4.98 Å². The summed E-state index contributed by atoms with van der Waals surface area (Å²) in [5.41, 5.74) is 5.36. The quantitative estimate of drug-likeness (QED) is 0.319. The first-order chi connectivity index (χ1) is 15.2. The van der Waals surface area contributed by atoms with E-state index in [2.05, 4.69) is 53.1 Å². The van der Waals surface area contributed by atoms with Crippen LogP contribution >= 0.6 is 0 Å². The van der Waals surface area contributed by atoms with Crippen molar-refractivity contribution in [3.63, 3.8) is 0 Å². The van der Waals surface area contributed by atoms with Gasteiger partial charge < -0.3 is 9.67 Å². The lowest BCUT2D eigenvalue weighted by Crippen LogP contribution is -2.04. The Morgan fingerprint density at radius 1 is 0.710 bits per heavy atom. The molecule has 1 N–H and O–H groups in total. The molecule has 0 fully saturated rings. The van der Waals surface area contributed by atoms with Crippen LogP contribution in [0.5, 0.6) is 0 Å². The molecule has 0 spiro atoms. The van der Waals surface area contributed by atoms with Gasteiger partial charge in [-0.15, -0.1) is 0 Å². The summed E-state index contributed by atoms with van der Waals surface area (Å²) in [6, 6.07) is 30.9. The fraction of sp³-hybridized carbons (Fsp3) is 0.185. The molecular formula is C27H26N2O2. The number of nitrogens with zero attached hydrogens (tertiary/aromatic N) is 2. The molecule has 4 rings (SSSR count). The van der Waals surface area contributed by atoms with E-state index in [9.17, 15) is 4.79 Å². The van der Waals surface area contributed by atoms with E-state index in [-0.39, 0.29) is 6.42 Å². The number of carbonyl (C=O) groups is 1. The average molecular weight is 411 g/mol. The predicted octanol–water partition coefficient (Wildman–Crippen LogP) is 6.53. The second-order valence-electron chi connectivity index (χ2n) is 7.59. The SMILES string of the molecule is O=C(O)CCCCCn1c(-c2ccccc2)nc(-c2ccccc2)c1-c1ccccc1. The van der Waals surface area contributed by atoms with Gasteiger partial charge >= 0.3 is 5.97 Å².